The third-order valence-electron chi connectivity index (χ3n) is 3.88. The molecule has 0 bridgehead atoms. The van der Waals surface area contributed by atoms with Crippen molar-refractivity contribution in [2.45, 2.75) is 33.6 Å². The first kappa shape index (κ1) is 17.0. The summed E-state index contributed by atoms with van der Waals surface area (Å²) < 4.78 is 5.43. The average Bonchev–Trinajstić information content (AvgIpc) is 2.47. The van der Waals surface area contributed by atoms with Crippen molar-refractivity contribution >= 4 is 11.9 Å². The molecule has 0 unspecified atom stereocenters. The van der Waals surface area contributed by atoms with Gasteiger partial charge < -0.3 is 15.2 Å². The topological polar surface area (TPSA) is 75.6 Å². The SMILES string of the molecule is CCC(CC)(CNC(=O)COc1ccccc1C)C(=O)O. The zero-order valence-electron chi connectivity index (χ0n) is 12.8. The number of amides is 1. The fourth-order valence-electron chi connectivity index (χ4n) is 2.06. The number of hydrogen-bond donors (Lipinski definition) is 2. The van der Waals surface area contributed by atoms with E-state index < -0.39 is 11.4 Å². The molecule has 116 valence electrons. The van der Waals surface area contributed by atoms with Gasteiger partial charge in [-0.1, -0.05) is 32.0 Å². The molecule has 1 amide bonds. The lowest BCUT2D eigenvalue weighted by Crippen LogP contribution is -2.43. The minimum Gasteiger partial charge on any atom is -0.484 e. The van der Waals surface area contributed by atoms with E-state index >= 15 is 0 Å². The standard InChI is InChI=1S/C16H23NO4/c1-4-16(5-2,15(19)20)11-17-14(18)10-21-13-9-7-6-8-12(13)3/h6-9H,4-5,10-11H2,1-3H3,(H,17,18)(H,19,20). The van der Waals surface area contributed by atoms with Gasteiger partial charge in [0.15, 0.2) is 6.61 Å². The van der Waals surface area contributed by atoms with E-state index in [1.807, 2.05) is 39.0 Å². The highest BCUT2D eigenvalue weighted by molar-refractivity contribution is 5.80. The van der Waals surface area contributed by atoms with Crippen molar-refractivity contribution in [3.8, 4) is 5.75 Å². The lowest BCUT2D eigenvalue weighted by Gasteiger charge is -2.26. The first-order chi connectivity index (χ1) is 9.95. The van der Waals surface area contributed by atoms with E-state index in [1.54, 1.807) is 6.07 Å². The zero-order chi connectivity index (χ0) is 15.9. The van der Waals surface area contributed by atoms with Crippen molar-refractivity contribution in [1.82, 2.24) is 5.32 Å². The second-order valence-corrected chi connectivity index (χ2v) is 5.12. The number of ether oxygens (including phenoxy) is 1. The number of carboxylic acid groups (broad SMARTS) is 1. The molecule has 5 nitrogen and oxygen atoms in total. The Morgan fingerprint density at radius 3 is 2.38 bits per heavy atom. The van der Waals surface area contributed by atoms with Crippen LogP contribution < -0.4 is 10.1 Å². The monoisotopic (exact) mass is 293 g/mol. The molecule has 0 atom stereocenters. The van der Waals surface area contributed by atoms with Crippen LogP contribution in [0, 0.1) is 12.3 Å². The summed E-state index contributed by atoms with van der Waals surface area (Å²) in [6.07, 6.45) is 0.940. The van der Waals surface area contributed by atoms with Gasteiger partial charge in [0.2, 0.25) is 0 Å². The summed E-state index contributed by atoms with van der Waals surface area (Å²) in [7, 11) is 0. The third-order valence-corrected chi connectivity index (χ3v) is 3.88. The number of carboxylic acids is 1. The first-order valence-corrected chi connectivity index (χ1v) is 7.13. The summed E-state index contributed by atoms with van der Waals surface area (Å²) in [5.41, 5.74) is 0.0468. The lowest BCUT2D eigenvalue weighted by atomic mass is 9.82. The number of aryl methyl sites for hydroxylation is 1. The number of hydrogen-bond acceptors (Lipinski definition) is 3. The Morgan fingerprint density at radius 2 is 1.86 bits per heavy atom. The van der Waals surface area contributed by atoms with Gasteiger partial charge in [-0.3, -0.25) is 9.59 Å². The van der Waals surface area contributed by atoms with Crippen LogP contribution >= 0.6 is 0 Å². The van der Waals surface area contributed by atoms with Gasteiger partial charge in [-0.2, -0.15) is 0 Å². The molecule has 0 radical (unpaired) electrons. The van der Waals surface area contributed by atoms with Crippen LogP contribution in [0.1, 0.15) is 32.3 Å². The van der Waals surface area contributed by atoms with Crippen LogP contribution in [0.25, 0.3) is 0 Å². The predicted molar refractivity (Wildman–Crippen MR) is 80.3 cm³/mol. The summed E-state index contributed by atoms with van der Waals surface area (Å²) in [5.74, 6) is -0.540. The maximum Gasteiger partial charge on any atom is 0.311 e. The Morgan fingerprint density at radius 1 is 1.24 bits per heavy atom. The van der Waals surface area contributed by atoms with Crippen LogP contribution in [0.2, 0.25) is 0 Å². The van der Waals surface area contributed by atoms with E-state index in [9.17, 15) is 14.7 Å². The highest BCUT2D eigenvalue weighted by atomic mass is 16.5. The number of carbonyl (C=O) groups excluding carboxylic acids is 1. The van der Waals surface area contributed by atoms with E-state index in [1.165, 1.54) is 0 Å². The van der Waals surface area contributed by atoms with E-state index in [4.69, 9.17) is 4.74 Å². The van der Waals surface area contributed by atoms with E-state index in [0.29, 0.717) is 18.6 Å². The average molecular weight is 293 g/mol. The molecule has 0 aliphatic rings. The van der Waals surface area contributed by atoms with Gasteiger partial charge in [-0.05, 0) is 31.4 Å². The van der Waals surface area contributed by atoms with Crippen LogP contribution in [-0.2, 0) is 9.59 Å². The Kier molecular flexibility index (Phi) is 6.21. The van der Waals surface area contributed by atoms with Crippen LogP contribution in [0.15, 0.2) is 24.3 Å². The van der Waals surface area contributed by atoms with Crippen molar-refractivity contribution in [2.24, 2.45) is 5.41 Å². The molecule has 0 aromatic heterocycles. The summed E-state index contributed by atoms with van der Waals surface area (Å²) in [5, 5.41) is 12.0. The highest BCUT2D eigenvalue weighted by Crippen LogP contribution is 2.25. The van der Waals surface area contributed by atoms with Crippen LogP contribution in [0.4, 0.5) is 0 Å². The molecular weight excluding hydrogens is 270 g/mol. The normalized spacial score (nSPS) is 11.0. The Bertz CT molecular complexity index is 495. The summed E-state index contributed by atoms with van der Waals surface area (Å²) >= 11 is 0. The molecule has 1 aromatic rings. The minimum atomic E-state index is -0.904. The van der Waals surface area contributed by atoms with Gasteiger partial charge in [0, 0.05) is 6.54 Å². The molecule has 0 saturated heterocycles. The smallest absolute Gasteiger partial charge is 0.311 e. The molecule has 5 heteroatoms. The zero-order valence-corrected chi connectivity index (χ0v) is 12.8. The highest BCUT2D eigenvalue weighted by Gasteiger charge is 2.35. The first-order valence-electron chi connectivity index (χ1n) is 7.13. The van der Waals surface area contributed by atoms with Gasteiger partial charge in [0.05, 0.1) is 5.41 Å². The molecule has 0 saturated carbocycles. The van der Waals surface area contributed by atoms with Gasteiger partial charge in [-0.25, -0.2) is 0 Å². The van der Waals surface area contributed by atoms with Crippen LogP contribution in [0.3, 0.4) is 0 Å². The van der Waals surface area contributed by atoms with Crippen molar-refractivity contribution in [3.05, 3.63) is 29.8 Å². The Hall–Kier alpha value is -2.04. The van der Waals surface area contributed by atoms with E-state index in [-0.39, 0.29) is 19.1 Å². The van der Waals surface area contributed by atoms with Crippen molar-refractivity contribution in [1.29, 1.82) is 0 Å². The number of aliphatic carboxylic acids is 1. The third kappa shape index (κ3) is 4.48. The second-order valence-electron chi connectivity index (χ2n) is 5.12. The number of carbonyl (C=O) groups is 2. The molecule has 0 aliphatic heterocycles. The maximum atomic E-state index is 11.8. The number of nitrogens with one attached hydrogen (secondary N) is 1. The van der Waals surface area contributed by atoms with Gasteiger partial charge >= 0.3 is 5.97 Å². The van der Waals surface area contributed by atoms with E-state index in [0.717, 1.165) is 5.56 Å². The minimum absolute atomic E-state index is 0.116. The van der Waals surface area contributed by atoms with Gasteiger partial charge in [0.1, 0.15) is 5.75 Å². The van der Waals surface area contributed by atoms with Crippen LogP contribution in [-0.4, -0.2) is 30.1 Å². The van der Waals surface area contributed by atoms with Crippen molar-refractivity contribution in [2.75, 3.05) is 13.2 Å². The van der Waals surface area contributed by atoms with Crippen molar-refractivity contribution < 1.29 is 19.4 Å². The molecule has 0 heterocycles. The molecule has 21 heavy (non-hydrogen) atoms. The Balaban J connectivity index is 2.51. The summed E-state index contributed by atoms with van der Waals surface area (Å²) in [6, 6.07) is 7.43. The number of benzene rings is 1. The molecule has 0 aliphatic carbocycles. The van der Waals surface area contributed by atoms with Crippen LogP contribution in [0.5, 0.6) is 5.75 Å². The van der Waals surface area contributed by atoms with E-state index in [2.05, 4.69) is 5.32 Å². The van der Waals surface area contributed by atoms with Crippen molar-refractivity contribution in [3.63, 3.8) is 0 Å². The number of para-hydroxylation sites is 1. The fourth-order valence-corrected chi connectivity index (χ4v) is 2.06. The molecule has 0 spiro atoms. The predicted octanol–water partition coefficient (Wildman–Crippen LogP) is 2.38. The van der Waals surface area contributed by atoms with Gasteiger partial charge in [-0.15, -0.1) is 0 Å². The summed E-state index contributed by atoms with van der Waals surface area (Å²) in [6.45, 7) is 5.53. The molecule has 2 N–H and O–H groups in total. The quantitative estimate of drug-likeness (QED) is 0.771. The molecule has 1 aromatic carbocycles. The van der Waals surface area contributed by atoms with Gasteiger partial charge in [0.25, 0.3) is 5.91 Å². The summed E-state index contributed by atoms with van der Waals surface area (Å²) in [4.78, 5) is 23.1. The lowest BCUT2D eigenvalue weighted by molar-refractivity contribution is -0.149. The maximum absolute atomic E-state index is 11.8. The fraction of sp³-hybridized carbons (Fsp3) is 0.500. The Labute approximate surface area is 125 Å². The molecular formula is C16H23NO4. The molecule has 0 fully saturated rings. The largest absolute Gasteiger partial charge is 0.484 e. The number of rotatable bonds is 8. The second kappa shape index (κ2) is 7.67. The molecule has 1 rings (SSSR count).